The van der Waals surface area contributed by atoms with Gasteiger partial charge in [-0.15, -0.1) is 24.8 Å². The molecule has 3 nitrogen and oxygen atoms in total. The topological polar surface area (TPSA) is 24.5 Å². The maximum absolute atomic E-state index is 6.19. The zero-order valence-corrected chi connectivity index (χ0v) is 17.5. The van der Waals surface area contributed by atoms with E-state index in [1.54, 1.807) is 0 Å². The number of hydrogen-bond acceptors (Lipinski definition) is 3. The van der Waals surface area contributed by atoms with Gasteiger partial charge in [-0.2, -0.15) is 0 Å². The standard InChI is InChI=1S/C19H29ClN2O.2ClH/c1-14(2)19-12-22(17-7-9-21-10-8-17)18(13-23-19)11-15-3-5-16(20)6-4-15;;/h3-6,14,17-19,21H,7-13H2,1-2H3;2*1H/t18-,19+;;/m0../s1. The van der Waals surface area contributed by atoms with Crippen LogP contribution in [0.1, 0.15) is 32.3 Å². The van der Waals surface area contributed by atoms with Crippen LogP contribution in [0.2, 0.25) is 5.02 Å². The minimum absolute atomic E-state index is 0. The van der Waals surface area contributed by atoms with Crippen molar-refractivity contribution in [3.63, 3.8) is 0 Å². The Morgan fingerprint density at radius 3 is 2.40 bits per heavy atom. The minimum Gasteiger partial charge on any atom is -0.375 e. The molecule has 2 fully saturated rings. The fourth-order valence-corrected chi connectivity index (χ4v) is 3.92. The summed E-state index contributed by atoms with van der Waals surface area (Å²) in [6, 6.07) is 9.46. The second-order valence-electron chi connectivity index (χ2n) is 7.28. The van der Waals surface area contributed by atoms with Gasteiger partial charge in [0.15, 0.2) is 0 Å². The number of ether oxygens (including phenoxy) is 1. The first-order valence-corrected chi connectivity index (χ1v) is 9.34. The van der Waals surface area contributed by atoms with Crippen LogP contribution in [0.4, 0.5) is 0 Å². The maximum Gasteiger partial charge on any atom is 0.0725 e. The second-order valence-corrected chi connectivity index (χ2v) is 7.71. The molecule has 1 N–H and O–H groups in total. The van der Waals surface area contributed by atoms with Crippen molar-refractivity contribution >= 4 is 36.4 Å². The Kier molecular flexibility index (Phi) is 10.1. The van der Waals surface area contributed by atoms with E-state index < -0.39 is 0 Å². The molecule has 0 aliphatic carbocycles. The van der Waals surface area contributed by atoms with Crippen LogP contribution in [-0.2, 0) is 11.2 Å². The van der Waals surface area contributed by atoms with E-state index in [-0.39, 0.29) is 24.8 Å². The fourth-order valence-electron chi connectivity index (χ4n) is 3.80. The zero-order chi connectivity index (χ0) is 16.2. The summed E-state index contributed by atoms with van der Waals surface area (Å²) in [4.78, 5) is 2.74. The van der Waals surface area contributed by atoms with Crippen LogP contribution in [0.3, 0.4) is 0 Å². The van der Waals surface area contributed by atoms with Crippen LogP contribution in [0.5, 0.6) is 0 Å². The number of morpholine rings is 1. The van der Waals surface area contributed by atoms with Crippen molar-refractivity contribution in [2.75, 3.05) is 26.2 Å². The molecular formula is C19H31Cl3N2O. The summed E-state index contributed by atoms with van der Waals surface area (Å²) in [5.74, 6) is 0.579. The number of nitrogens with one attached hydrogen (secondary N) is 1. The Balaban J connectivity index is 0.00000156. The van der Waals surface area contributed by atoms with Gasteiger partial charge in [0, 0.05) is 23.7 Å². The molecule has 2 atom stereocenters. The molecule has 1 aromatic rings. The van der Waals surface area contributed by atoms with E-state index in [1.165, 1.54) is 18.4 Å². The summed E-state index contributed by atoms with van der Waals surface area (Å²) < 4.78 is 6.19. The molecule has 0 bridgehead atoms. The SMILES string of the molecule is CC(C)[C@H]1CN(C2CCNCC2)[C@@H](Cc2ccc(Cl)cc2)CO1.Cl.Cl. The first-order valence-electron chi connectivity index (χ1n) is 8.96. The highest BCUT2D eigenvalue weighted by Crippen LogP contribution is 2.26. The summed E-state index contributed by atoms with van der Waals surface area (Å²) in [6.45, 7) is 8.73. The Bertz CT molecular complexity index is 492. The molecule has 0 amide bonds. The van der Waals surface area contributed by atoms with Crippen molar-refractivity contribution in [3.05, 3.63) is 34.9 Å². The van der Waals surface area contributed by atoms with Gasteiger partial charge in [0.05, 0.1) is 12.7 Å². The van der Waals surface area contributed by atoms with Gasteiger partial charge >= 0.3 is 0 Å². The number of rotatable bonds is 4. The highest BCUT2D eigenvalue weighted by atomic mass is 35.5. The van der Waals surface area contributed by atoms with Gasteiger partial charge in [-0.3, -0.25) is 4.90 Å². The van der Waals surface area contributed by atoms with E-state index >= 15 is 0 Å². The monoisotopic (exact) mass is 408 g/mol. The van der Waals surface area contributed by atoms with E-state index in [0.29, 0.717) is 24.1 Å². The van der Waals surface area contributed by atoms with Crippen molar-refractivity contribution in [1.29, 1.82) is 0 Å². The Hall–Kier alpha value is -0.0300. The highest BCUT2D eigenvalue weighted by molar-refractivity contribution is 6.30. The largest absolute Gasteiger partial charge is 0.375 e. The van der Waals surface area contributed by atoms with Gasteiger partial charge in [-0.05, 0) is 56.0 Å². The molecule has 25 heavy (non-hydrogen) atoms. The predicted molar refractivity (Wildman–Crippen MR) is 111 cm³/mol. The normalized spacial score (nSPS) is 25.3. The average molecular weight is 410 g/mol. The van der Waals surface area contributed by atoms with Crippen molar-refractivity contribution in [2.45, 2.75) is 51.3 Å². The summed E-state index contributed by atoms with van der Waals surface area (Å²) in [6.07, 6.45) is 3.92. The molecule has 2 aliphatic heterocycles. The number of nitrogens with zero attached hydrogens (tertiary/aromatic N) is 1. The third-order valence-corrected chi connectivity index (χ3v) is 5.52. The summed E-state index contributed by atoms with van der Waals surface area (Å²) in [5.41, 5.74) is 1.35. The van der Waals surface area contributed by atoms with Crippen molar-refractivity contribution in [3.8, 4) is 0 Å². The minimum atomic E-state index is 0. The molecule has 0 unspecified atom stereocenters. The Morgan fingerprint density at radius 1 is 1.16 bits per heavy atom. The average Bonchev–Trinajstić information content (AvgIpc) is 2.58. The molecule has 2 heterocycles. The van der Waals surface area contributed by atoms with E-state index in [2.05, 4.69) is 36.2 Å². The molecule has 0 radical (unpaired) electrons. The van der Waals surface area contributed by atoms with Crippen LogP contribution >= 0.6 is 36.4 Å². The van der Waals surface area contributed by atoms with Crippen LogP contribution in [0, 0.1) is 5.92 Å². The summed E-state index contributed by atoms with van der Waals surface area (Å²) >= 11 is 6.02. The first kappa shape index (κ1) is 23.0. The molecule has 0 spiro atoms. The molecule has 6 heteroatoms. The number of piperidine rings is 1. The zero-order valence-electron chi connectivity index (χ0n) is 15.1. The third-order valence-electron chi connectivity index (χ3n) is 5.27. The Morgan fingerprint density at radius 2 is 1.80 bits per heavy atom. The van der Waals surface area contributed by atoms with E-state index in [0.717, 1.165) is 37.7 Å². The molecule has 144 valence electrons. The number of halogens is 3. The quantitative estimate of drug-likeness (QED) is 0.806. The molecule has 2 saturated heterocycles. The second kappa shape index (κ2) is 11.0. The Labute approximate surface area is 169 Å². The predicted octanol–water partition coefficient (Wildman–Crippen LogP) is 4.20. The third kappa shape index (κ3) is 6.27. The fraction of sp³-hybridized carbons (Fsp3) is 0.684. The van der Waals surface area contributed by atoms with Crippen LogP contribution < -0.4 is 5.32 Å². The lowest BCUT2D eigenvalue weighted by Gasteiger charge is -2.46. The van der Waals surface area contributed by atoms with Crippen LogP contribution in [0.15, 0.2) is 24.3 Å². The van der Waals surface area contributed by atoms with Crippen LogP contribution in [-0.4, -0.2) is 49.3 Å². The number of hydrogen-bond donors (Lipinski definition) is 1. The van der Waals surface area contributed by atoms with Gasteiger partial charge in [0.25, 0.3) is 0 Å². The van der Waals surface area contributed by atoms with Crippen molar-refractivity contribution in [1.82, 2.24) is 10.2 Å². The van der Waals surface area contributed by atoms with Gasteiger partial charge in [0.1, 0.15) is 0 Å². The summed E-state index contributed by atoms with van der Waals surface area (Å²) in [5, 5.41) is 4.29. The lowest BCUT2D eigenvalue weighted by atomic mass is 9.95. The molecule has 3 rings (SSSR count). The lowest BCUT2D eigenvalue weighted by molar-refractivity contribution is -0.0986. The van der Waals surface area contributed by atoms with E-state index in [9.17, 15) is 0 Å². The van der Waals surface area contributed by atoms with Gasteiger partial charge < -0.3 is 10.1 Å². The number of benzene rings is 1. The highest BCUT2D eigenvalue weighted by Gasteiger charge is 2.35. The van der Waals surface area contributed by atoms with Crippen molar-refractivity contribution in [2.24, 2.45) is 5.92 Å². The van der Waals surface area contributed by atoms with Crippen molar-refractivity contribution < 1.29 is 4.74 Å². The molecule has 2 aliphatic rings. The van der Waals surface area contributed by atoms with Gasteiger partial charge in [-0.1, -0.05) is 37.6 Å². The molecule has 1 aromatic carbocycles. The molecule has 0 saturated carbocycles. The maximum atomic E-state index is 6.19. The van der Waals surface area contributed by atoms with Gasteiger partial charge in [0.2, 0.25) is 0 Å². The van der Waals surface area contributed by atoms with E-state index in [1.807, 2.05) is 12.1 Å². The van der Waals surface area contributed by atoms with E-state index in [4.69, 9.17) is 16.3 Å². The van der Waals surface area contributed by atoms with Gasteiger partial charge in [-0.25, -0.2) is 0 Å². The molecule has 0 aromatic heterocycles. The smallest absolute Gasteiger partial charge is 0.0725 e. The molecular weight excluding hydrogens is 379 g/mol. The van der Waals surface area contributed by atoms with Crippen LogP contribution in [0.25, 0.3) is 0 Å². The first-order chi connectivity index (χ1) is 11.1. The summed E-state index contributed by atoms with van der Waals surface area (Å²) in [7, 11) is 0. The lowest BCUT2D eigenvalue weighted by Crippen LogP contribution is -2.57.